The molecule has 1 aromatic carbocycles. The van der Waals surface area contributed by atoms with Crippen molar-refractivity contribution >= 4 is 11.8 Å². The van der Waals surface area contributed by atoms with Crippen LogP contribution in [0.4, 0.5) is 0 Å². The molecule has 0 aliphatic rings. The van der Waals surface area contributed by atoms with Gasteiger partial charge in [0.15, 0.2) is 11.9 Å². The summed E-state index contributed by atoms with van der Waals surface area (Å²) in [5.41, 5.74) is 0.105. The molecule has 7 nitrogen and oxygen atoms in total. The molecular formula is C16H22O7. The molecule has 0 bridgehead atoms. The van der Waals surface area contributed by atoms with Gasteiger partial charge in [-0.05, 0) is 32.4 Å². The summed E-state index contributed by atoms with van der Waals surface area (Å²) in [6.45, 7) is 4.59. The fraction of sp³-hybridized carbons (Fsp3) is 0.500. The molecule has 1 rings (SSSR count). The summed E-state index contributed by atoms with van der Waals surface area (Å²) < 4.78 is 9.80. The minimum absolute atomic E-state index is 0.0144. The number of hydrogen-bond acceptors (Lipinski definition) is 7. The lowest BCUT2D eigenvalue weighted by atomic mass is 9.94. The van der Waals surface area contributed by atoms with Crippen LogP contribution in [0, 0.1) is 6.92 Å². The van der Waals surface area contributed by atoms with Crippen molar-refractivity contribution < 1.29 is 34.4 Å². The van der Waals surface area contributed by atoms with E-state index in [0.717, 1.165) is 0 Å². The normalized spacial score (nSPS) is 13.4. The van der Waals surface area contributed by atoms with Gasteiger partial charge in [-0.25, -0.2) is 4.79 Å². The van der Waals surface area contributed by atoms with E-state index < -0.39 is 29.7 Å². The average Bonchev–Trinajstić information content (AvgIpc) is 2.48. The van der Waals surface area contributed by atoms with Crippen molar-refractivity contribution in [1.82, 2.24) is 0 Å². The lowest BCUT2D eigenvalue weighted by Crippen LogP contribution is -2.27. The lowest BCUT2D eigenvalue weighted by Gasteiger charge is -2.21. The second kappa shape index (κ2) is 7.94. The van der Waals surface area contributed by atoms with Crippen LogP contribution in [0.15, 0.2) is 6.07 Å². The van der Waals surface area contributed by atoms with Crippen molar-refractivity contribution in [2.45, 2.75) is 39.4 Å². The Balaban J connectivity index is 3.19. The average molecular weight is 326 g/mol. The predicted octanol–water partition coefficient (Wildman–Crippen LogP) is 1.61. The van der Waals surface area contributed by atoms with Gasteiger partial charge in [0.2, 0.25) is 0 Å². The van der Waals surface area contributed by atoms with Crippen LogP contribution in [0.25, 0.3) is 0 Å². The molecule has 0 fully saturated rings. The van der Waals surface area contributed by atoms with E-state index in [1.165, 1.54) is 27.0 Å². The van der Waals surface area contributed by atoms with Crippen molar-refractivity contribution in [3.8, 4) is 11.5 Å². The van der Waals surface area contributed by atoms with Crippen molar-refractivity contribution in [2.24, 2.45) is 0 Å². The molecule has 7 heteroatoms. The minimum Gasteiger partial charge on any atom is -0.507 e. The second-order valence-electron chi connectivity index (χ2n) is 5.14. The molecule has 0 amide bonds. The van der Waals surface area contributed by atoms with Crippen LogP contribution in [0.5, 0.6) is 11.5 Å². The predicted molar refractivity (Wildman–Crippen MR) is 81.5 cm³/mol. The molecule has 0 aliphatic heterocycles. The molecule has 0 aliphatic carbocycles. The number of aryl methyl sites for hydroxylation is 1. The van der Waals surface area contributed by atoms with Gasteiger partial charge in [0.05, 0.1) is 23.8 Å². The first kappa shape index (κ1) is 18.9. The highest BCUT2D eigenvalue weighted by atomic mass is 16.6. The van der Waals surface area contributed by atoms with Crippen LogP contribution >= 0.6 is 0 Å². The monoisotopic (exact) mass is 326 g/mol. The molecule has 0 unspecified atom stereocenters. The SMILES string of the molecule is CCOC(=O)[C@H](C[C@H](O)c1c(O)c(C)cc(C(C)=O)c1O)OC. The standard InChI is InChI=1S/C16H22O7/c1-5-23-16(21)12(22-4)7-11(18)13-14(19)8(2)6-10(9(3)17)15(13)20/h6,11-12,18-20H,5,7H2,1-4H3/t11-,12-/m0/s1. The van der Waals surface area contributed by atoms with Crippen molar-refractivity contribution in [2.75, 3.05) is 13.7 Å². The maximum atomic E-state index is 11.7. The summed E-state index contributed by atoms with van der Waals surface area (Å²) in [6.07, 6.45) is -2.72. The molecule has 23 heavy (non-hydrogen) atoms. The van der Waals surface area contributed by atoms with E-state index in [4.69, 9.17) is 9.47 Å². The first-order chi connectivity index (χ1) is 10.7. The smallest absolute Gasteiger partial charge is 0.335 e. The van der Waals surface area contributed by atoms with Crippen LogP contribution in [0.1, 0.15) is 47.9 Å². The maximum Gasteiger partial charge on any atom is 0.335 e. The zero-order chi connectivity index (χ0) is 17.7. The van der Waals surface area contributed by atoms with Crippen LogP contribution < -0.4 is 0 Å². The number of ketones is 1. The van der Waals surface area contributed by atoms with Crippen LogP contribution in [0.3, 0.4) is 0 Å². The molecule has 2 atom stereocenters. The molecule has 0 radical (unpaired) electrons. The number of carbonyl (C=O) groups excluding carboxylic acids is 2. The van der Waals surface area contributed by atoms with E-state index in [9.17, 15) is 24.9 Å². The van der Waals surface area contributed by atoms with Gasteiger partial charge < -0.3 is 24.8 Å². The summed E-state index contributed by atoms with van der Waals surface area (Å²) >= 11 is 0. The fourth-order valence-electron chi connectivity index (χ4n) is 2.25. The van der Waals surface area contributed by atoms with Crippen molar-refractivity contribution in [1.29, 1.82) is 0 Å². The molecule has 3 N–H and O–H groups in total. The summed E-state index contributed by atoms with van der Waals surface area (Å²) in [5.74, 6) is -1.91. The zero-order valence-electron chi connectivity index (χ0n) is 13.6. The minimum atomic E-state index is -1.41. The number of aliphatic hydroxyl groups is 1. The number of benzene rings is 1. The number of phenolic OH excluding ortho intramolecular Hbond substituents is 2. The third-order valence-electron chi connectivity index (χ3n) is 3.48. The maximum absolute atomic E-state index is 11.7. The number of carbonyl (C=O) groups is 2. The first-order valence-electron chi connectivity index (χ1n) is 7.18. The fourth-order valence-corrected chi connectivity index (χ4v) is 2.25. The Bertz CT molecular complexity index is 595. The first-order valence-corrected chi connectivity index (χ1v) is 7.18. The Hall–Kier alpha value is -2.12. The quantitative estimate of drug-likeness (QED) is 0.515. The van der Waals surface area contributed by atoms with Gasteiger partial charge >= 0.3 is 5.97 Å². The van der Waals surface area contributed by atoms with E-state index in [1.807, 2.05) is 0 Å². The lowest BCUT2D eigenvalue weighted by molar-refractivity contribution is -0.156. The van der Waals surface area contributed by atoms with E-state index in [1.54, 1.807) is 6.92 Å². The zero-order valence-corrected chi connectivity index (χ0v) is 13.6. The Labute approximate surface area is 134 Å². The summed E-state index contributed by atoms with van der Waals surface area (Å²) in [6, 6.07) is 1.34. The molecule has 0 saturated carbocycles. The van der Waals surface area contributed by atoms with Crippen molar-refractivity contribution in [3.05, 3.63) is 22.8 Å². The highest BCUT2D eigenvalue weighted by molar-refractivity contribution is 5.97. The number of hydrogen-bond donors (Lipinski definition) is 3. The number of rotatable bonds is 7. The topological polar surface area (TPSA) is 113 Å². The number of methoxy groups -OCH3 is 1. The van der Waals surface area contributed by atoms with Gasteiger partial charge in [0, 0.05) is 13.5 Å². The summed E-state index contributed by atoms with van der Waals surface area (Å²) in [5, 5.41) is 30.6. The van der Waals surface area contributed by atoms with Crippen molar-refractivity contribution in [3.63, 3.8) is 0 Å². The Morgan fingerprint density at radius 3 is 2.35 bits per heavy atom. The number of aliphatic hydroxyl groups excluding tert-OH is 1. The number of phenols is 2. The summed E-state index contributed by atoms with van der Waals surface area (Å²) in [7, 11) is 1.28. The summed E-state index contributed by atoms with van der Waals surface area (Å²) in [4.78, 5) is 23.3. The molecule has 0 saturated heterocycles. The molecule has 1 aromatic rings. The number of Topliss-reactive ketones (excluding diaryl/α,β-unsaturated/α-hetero) is 1. The van der Waals surface area contributed by atoms with Gasteiger partial charge in [-0.1, -0.05) is 0 Å². The van der Waals surface area contributed by atoms with Gasteiger partial charge in [0.25, 0.3) is 0 Å². The molecule has 0 spiro atoms. The Morgan fingerprint density at radius 1 is 1.26 bits per heavy atom. The largest absolute Gasteiger partial charge is 0.507 e. The van der Waals surface area contributed by atoms with E-state index in [-0.39, 0.29) is 29.9 Å². The van der Waals surface area contributed by atoms with Crippen LogP contribution in [-0.2, 0) is 14.3 Å². The molecule has 128 valence electrons. The van der Waals surface area contributed by atoms with Crippen LogP contribution in [-0.4, -0.2) is 46.9 Å². The Morgan fingerprint density at radius 2 is 1.87 bits per heavy atom. The highest BCUT2D eigenvalue weighted by Crippen LogP contribution is 2.40. The number of aromatic hydroxyl groups is 2. The van der Waals surface area contributed by atoms with Crippen LogP contribution in [0.2, 0.25) is 0 Å². The van der Waals surface area contributed by atoms with Gasteiger partial charge in [-0.3, -0.25) is 4.79 Å². The van der Waals surface area contributed by atoms with Gasteiger partial charge in [0.1, 0.15) is 11.5 Å². The Kier molecular flexibility index (Phi) is 6.53. The van der Waals surface area contributed by atoms with E-state index in [2.05, 4.69) is 0 Å². The van der Waals surface area contributed by atoms with E-state index in [0.29, 0.717) is 5.56 Å². The van der Waals surface area contributed by atoms with Gasteiger partial charge in [-0.15, -0.1) is 0 Å². The van der Waals surface area contributed by atoms with E-state index >= 15 is 0 Å². The molecule has 0 aromatic heterocycles. The third-order valence-corrected chi connectivity index (χ3v) is 3.48. The number of ether oxygens (including phenoxy) is 2. The second-order valence-corrected chi connectivity index (χ2v) is 5.14. The van der Waals surface area contributed by atoms with Gasteiger partial charge in [-0.2, -0.15) is 0 Å². The molecular weight excluding hydrogens is 304 g/mol. The third kappa shape index (κ3) is 4.20. The molecule has 0 heterocycles. The highest BCUT2D eigenvalue weighted by Gasteiger charge is 2.29. The number of esters is 1.